The third kappa shape index (κ3) is 5.17. The van der Waals surface area contributed by atoms with Gasteiger partial charge in [0.05, 0.1) is 12.6 Å². The van der Waals surface area contributed by atoms with Gasteiger partial charge in [0.1, 0.15) is 0 Å². The Morgan fingerprint density at radius 3 is 2.34 bits per heavy atom. The molecule has 0 bridgehead atoms. The second kappa shape index (κ2) is 9.72. The zero-order valence-corrected chi connectivity index (χ0v) is 17.5. The molecule has 3 aliphatic rings. The van der Waals surface area contributed by atoms with Gasteiger partial charge < -0.3 is 9.80 Å². The van der Waals surface area contributed by atoms with Crippen molar-refractivity contribution in [3.8, 4) is 0 Å². The van der Waals surface area contributed by atoms with Gasteiger partial charge in [-0.2, -0.15) is 0 Å². The average molecular weight is 399 g/mol. The molecule has 1 unspecified atom stereocenters. The number of rotatable bonds is 5. The summed E-state index contributed by atoms with van der Waals surface area (Å²) in [6.07, 6.45) is 5.26. The minimum absolute atomic E-state index is 0.00740. The highest BCUT2D eigenvalue weighted by atomic mass is 16.2. The summed E-state index contributed by atoms with van der Waals surface area (Å²) < 4.78 is 0. The molecule has 0 radical (unpaired) electrons. The van der Waals surface area contributed by atoms with E-state index in [0.29, 0.717) is 6.54 Å². The van der Waals surface area contributed by atoms with Gasteiger partial charge in [0.2, 0.25) is 11.8 Å². The molecule has 3 heterocycles. The van der Waals surface area contributed by atoms with Crippen LogP contribution in [0.3, 0.4) is 0 Å². The number of nitrogens with zero attached hydrogens (tertiary/aromatic N) is 4. The van der Waals surface area contributed by atoms with E-state index in [1.807, 2.05) is 15.9 Å². The summed E-state index contributed by atoms with van der Waals surface area (Å²) in [6, 6.07) is 10.5. The van der Waals surface area contributed by atoms with E-state index in [1.54, 1.807) is 0 Å². The molecule has 3 saturated heterocycles. The van der Waals surface area contributed by atoms with E-state index >= 15 is 0 Å². The number of carbonyl (C=O) groups is 2. The average Bonchev–Trinajstić information content (AvgIpc) is 3.38. The Morgan fingerprint density at radius 2 is 1.55 bits per heavy atom. The summed E-state index contributed by atoms with van der Waals surface area (Å²) >= 11 is 0. The van der Waals surface area contributed by atoms with Crippen molar-refractivity contribution >= 4 is 11.8 Å². The molecule has 3 fully saturated rings. The van der Waals surface area contributed by atoms with Crippen molar-refractivity contribution in [2.45, 2.75) is 44.7 Å². The number of hydrogen-bond donors (Lipinski definition) is 0. The van der Waals surface area contributed by atoms with Gasteiger partial charge in [-0.25, -0.2) is 0 Å². The fraction of sp³-hybridized carbons (Fsp3) is 0.652. The van der Waals surface area contributed by atoms with Gasteiger partial charge in [-0.15, -0.1) is 0 Å². The topological polar surface area (TPSA) is 47.1 Å². The maximum Gasteiger partial charge on any atom is 0.239 e. The van der Waals surface area contributed by atoms with E-state index in [2.05, 4.69) is 34.1 Å². The first kappa shape index (κ1) is 20.4. The predicted octanol–water partition coefficient (Wildman–Crippen LogP) is 1.81. The summed E-state index contributed by atoms with van der Waals surface area (Å²) in [5.41, 5.74) is 1.27. The van der Waals surface area contributed by atoms with Crippen LogP contribution in [-0.2, 0) is 16.1 Å². The molecular formula is C23H34N4O2. The van der Waals surface area contributed by atoms with Crippen molar-refractivity contribution in [3.63, 3.8) is 0 Å². The number of benzene rings is 1. The molecule has 1 aromatic carbocycles. The highest BCUT2D eigenvalue weighted by molar-refractivity contribution is 5.82. The molecule has 0 aromatic heterocycles. The van der Waals surface area contributed by atoms with Gasteiger partial charge in [-0.1, -0.05) is 30.3 Å². The van der Waals surface area contributed by atoms with Gasteiger partial charge in [-0.3, -0.25) is 19.4 Å². The third-order valence-electron chi connectivity index (χ3n) is 6.60. The summed E-state index contributed by atoms with van der Waals surface area (Å²) in [6.45, 7) is 7.43. The van der Waals surface area contributed by atoms with Crippen molar-refractivity contribution in [2.75, 3.05) is 52.4 Å². The van der Waals surface area contributed by atoms with Crippen molar-refractivity contribution in [1.29, 1.82) is 0 Å². The molecule has 3 aliphatic heterocycles. The van der Waals surface area contributed by atoms with Crippen LogP contribution >= 0.6 is 0 Å². The summed E-state index contributed by atoms with van der Waals surface area (Å²) in [4.78, 5) is 34.4. The summed E-state index contributed by atoms with van der Waals surface area (Å²) in [5, 5.41) is 0. The van der Waals surface area contributed by atoms with Gasteiger partial charge in [0.15, 0.2) is 0 Å². The minimum Gasteiger partial charge on any atom is -0.342 e. The van der Waals surface area contributed by atoms with Crippen LogP contribution in [0.15, 0.2) is 30.3 Å². The normalized spacial score (nSPS) is 24.1. The van der Waals surface area contributed by atoms with Crippen LogP contribution in [0.1, 0.15) is 37.7 Å². The molecule has 1 aromatic rings. The van der Waals surface area contributed by atoms with Crippen molar-refractivity contribution < 1.29 is 9.59 Å². The molecule has 2 amide bonds. The van der Waals surface area contributed by atoms with Crippen LogP contribution in [0, 0.1) is 0 Å². The molecule has 0 saturated carbocycles. The van der Waals surface area contributed by atoms with E-state index in [0.717, 1.165) is 84.5 Å². The molecule has 4 rings (SSSR count). The molecule has 1 atom stereocenters. The second-order valence-electron chi connectivity index (χ2n) is 8.66. The summed E-state index contributed by atoms with van der Waals surface area (Å²) in [7, 11) is 0. The van der Waals surface area contributed by atoms with Gasteiger partial charge in [-0.05, 0) is 44.2 Å². The highest BCUT2D eigenvalue weighted by Crippen LogP contribution is 2.22. The van der Waals surface area contributed by atoms with Crippen LogP contribution in [-0.4, -0.2) is 89.8 Å². The van der Waals surface area contributed by atoms with E-state index in [1.165, 1.54) is 5.56 Å². The molecular weight excluding hydrogens is 364 g/mol. The Hall–Kier alpha value is -1.92. The lowest BCUT2D eigenvalue weighted by molar-refractivity contribution is -0.136. The lowest BCUT2D eigenvalue weighted by Gasteiger charge is -2.30. The third-order valence-corrected chi connectivity index (χ3v) is 6.60. The largest absolute Gasteiger partial charge is 0.342 e. The SMILES string of the molecule is O=C(CN1CCCN(C(=O)C2CCCN2Cc2ccccc2)CC1)N1CCCC1. The quantitative estimate of drug-likeness (QED) is 0.759. The number of hydrogen-bond acceptors (Lipinski definition) is 4. The lowest BCUT2D eigenvalue weighted by atomic mass is 10.1. The monoisotopic (exact) mass is 398 g/mol. The first-order valence-electron chi connectivity index (χ1n) is 11.3. The van der Waals surface area contributed by atoms with Crippen LogP contribution in [0.5, 0.6) is 0 Å². The first-order chi connectivity index (χ1) is 14.2. The number of amides is 2. The van der Waals surface area contributed by atoms with Crippen LogP contribution < -0.4 is 0 Å². The maximum atomic E-state index is 13.3. The predicted molar refractivity (Wildman–Crippen MR) is 113 cm³/mol. The van der Waals surface area contributed by atoms with Crippen LogP contribution in [0.4, 0.5) is 0 Å². The van der Waals surface area contributed by atoms with Crippen LogP contribution in [0.2, 0.25) is 0 Å². The Balaban J connectivity index is 1.30. The Kier molecular flexibility index (Phi) is 6.82. The standard InChI is InChI=1S/C23H34N4O2/c28-22(25-12-4-5-13-25)19-24-11-7-15-26(17-16-24)23(29)21-10-6-14-27(21)18-20-8-2-1-3-9-20/h1-3,8-9,21H,4-7,10-19H2. The van der Waals surface area contributed by atoms with Gasteiger partial charge >= 0.3 is 0 Å². The molecule has 6 heteroatoms. The van der Waals surface area contributed by atoms with Gasteiger partial charge in [0.25, 0.3) is 0 Å². The van der Waals surface area contributed by atoms with Gasteiger partial charge in [0, 0.05) is 45.8 Å². The highest BCUT2D eigenvalue weighted by Gasteiger charge is 2.34. The minimum atomic E-state index is 0.00740. The fourth-order valence-corrected chi connectivity index (χ4v) is 4.93. The lowest BCUT2D eigenvalue weighted by Crippen LogP contribution is -2.47. The zero-order chi connectivity index (χ0) is 20.1. The second-order valence-corrected chi connectivity index (χ2v) is 8.66. The van der Waals surface area contributed by atoms with Crippen molar-refractivity contribution in [1.82, 2.24) is 19.6 Å². The smallest absolute Gasteiger partial charge is 0.239 e. The molecule has 158 valence electrons. The molecule has 29 heavy (non-hydrogen) atoms. The van der Waals surface area contributed by atoms with E-state index in [-0.39, 0.29) is 17.9 Å². The molecule has 0 N–H and O–H groups in total. The number of likely N-dealkylation sites (tertiary alicyclic amines) is 2. The fourth-order valence-electron chi connectivity index (χ4n) is 4.93. The Labute approximate surface area is 174 Å². The van der Waals surface area contributed by atoms with Crippen LogP contribution in [0.25, 0.3) is 0 Å². The van der Waals surface area contributed by atoms with E-state index in [4.69, 9.17) is 0 Å². The van der Waals surface area contributed by atoms with Crippen molar-refractivity contribution in [2.24, 2.45) is 0 Å². The van der Waals surface area contributed by atoms with Crippen molar-refractivity contribution in [3.05, 3.63) is 35.9 Å². The summed E-state index contributed by atoms with van der Waals surface area (Å²) in [5.74, 6) is 0.540. The Morgan fingerprint density at radius 1 is 0.793 bits per heavy atom. The molecule has 0 aliphatic carbocycles. The number of carbonyl (C=O) groups excluding carboxylic acids is 2. The molecule has 6 nitrogen and oxygen atoms in total. The molecule has 0 spiro atoms. The first-order valence-corrected chi connectivity index (χ1v) is 11.3. The Bertz CT molecular complexity index is 689. The zero-order valence-electron chi connectivity index (χ0n) is 17.5. The van der Waals surface area contributed by atoms with E-state index in [9.17, 15) is 9.59 Å². The maximum absolute atomic E-state index is 13.3. The van der Waals surface area contributed by atoms with E-state index < -0.39 is 0 Å².